The SMILES string of the molecule is O=C(c1ccncc1Br)N1CCCC(F)(F)C1. The lowest BCUT2D eigenvalue weighted by Crippen LogP contribution is -2.45. The minimum Gasteiger partial charge on any atom is -0.333 e. The molecule has 17 heavy (non-hydrogen) atoms. The van der Waals surface area contributed by atoms with Crippen LogP contribution in [0.25, 0.3) is 0 Å². The highest BCUT2D eigenvalue weighted by atomic mass is 79.9. The van der Waals surface area contributed by atoms with Crippen LogP contribution in [0, 0.1) is 0 Å². The van der Waals surface area contributed by atoms with Gasteiger partial charge in [-0.2, -0.15) is 0 Å². The quantitative estimate of drug-likeness (QED) is 0.799. The Bertz CT molecular complexity index is 439. The van der Waals surface area contributed by atoms with Gasteiger partial charge in [-0.1, -0.05) is 0 Å². The summed E-state index contributed by atoms with van der Waals surface area (Å²) in [6.07, 6.45) is 3.14. The molecule has 2 heterocycles. The number of piperidine rings is 1. The lowest BCUT2D eigenvalue weighted by atomic mass is 10.1. The number of alkyl halides is 2. The van der Waals surface area contributed by atoms with E-state index in [1.807, 2.05) is 0 Å². The summed E-state index contributed by atoms with van der Waals surface area (Å²) in [6.45, 7) is -0.121. The molecule has 0 radical (unpaired) electrons. The second-order valence-electron chi connectivity index (χ2n) is 4.04. The minimum absolute atomic E-state index is 0.145. The minimum atomic E-state index is -2.77. The fourth-order valence-corrected chi connectivity index (χ4v) is 2.28. The third-order valence-electron chi connectivity index (χ3n) is 2.68. The van der Waals surface area contributed by atoms with Crippen molar-refractivity contribution in [2.75, 3.05) is 13.1 Å². The smallest absolute Gasteiger partial charge is 0.265 e. The zero-order chi connectivity index (χ0) is 12.5. The summed E-state index contributed by atoms with van der Waals surface area (Å²) < 4.78 is 27.0. The Morgan fingerprint density at radius 1 is 1.53 bits per heavy atom. The molecule has 1 aromatic rings. The summed E-state index contributed by atoms with van der Waals surface area (Å²) in [5.74, 6) is -3.15. The molecule has 0 N–H and O–H groups in total. The van der Waals surface area contributed by atoms with Crippen LogP contribution in [0.15, 0.2) is 22.9 Å². The Morgan fingerprint density at radius 2 is 2.29 bits per heavy atom. The van der Waals surface area contributed by atoms with Crippen molar-refractivity contribution in [1.82, 2.24) is 9.88 Å². The van der Waals surface area contributed by atoms with E-state index in [0.29, 0.717) is 23.0 Å². The third-order valence-corrected chi connectivity index (χ3v) is 3.31. The number of likely N-dealkylation sites (tertiary alicyclic amines) is 1. The lowest BCUT2D eigenvalue weighted by Gasteiger charge is -2.32. The summed E-state index contributed by atoms with van der Waals surface area (Å²) in [5, 5.41) is 0. The average Bonchev–Trinajstić information content (AvgIpc) is 2.27. The average molecular weight is 305 g/mol. The van der Waals surface area contributed by atoms with Gasteiger partial charge >= 0.3 is 0 Å². The number of pyridine rings is 1. The molecule has 0 spiro atoms. The van der Waals surface area contributed by atoms with E-state index in [1.165, 1.54) is 23.4 Å². The zero-order valence-corrected chi connectivity index (χ0v) is 10.6. The van der Waals surface area contributed by atoms with Gasteiger partial charge in [0.1, 0.15) is 0 Å². The van der Waals surface area contributed by atoms with Crippen molar-refractivity contribution >= 4 is 21.8 Å². The monoisotopic (exact) mass is 304 g/mol. The maximum absolute atomic E-state index is 13.2. The molecular formula is C11H11BrF2N2O. The van der Waals surface area contributed by atoms with Gasteiger partial charge in [-0.15, -0.1) is 0 Å². The molecule has 0 unspecified atom stereocenters. The molecule has 1 aliphatic heterocycles. The molecule has 0 aromatic carbocycles. The van der Waals surface area contributed by atoms with Crippen LogP contribution in [0.3, 0.4) is 0 Å². The van der Waals surface area contributed by atoms with E-state index in [2.05, 4.69) is 20.9 Å². The number of hydrogen-bond acceptors (Lipinski definition) is 2. The van der Waals surface area contributed by atoms with Gasteiger partial charge in [-0.3, -0.25) is 9.78 Å². The van der Waals surface area contributed by atoms with Crippen LogP contribution in [0.4, 0.5) is 8.78 Å². The van der Waals surface area contributed by atoms with E-state index in [1.54, 1.807) is 0 Å². The molecule has 6 heteroatoms. The normalized spacial score (nSPS) is 19.1. The van der Waals surface area contributed by atoms with E-state index < -0.39 is 12.5 Å². The van der Waals surface area contributed by atoms with E-state index in [4.69, 9.17) is 0 Å². The molecular weight excluding hydrogens is 294 g/mol. The fraction of sp³-hybridized carbons (Fsp3) is 0.455. The van der Waals surface area contributed by atoms with E-state index in [9.17, 15) is 13.6 Å². The molecule has 0 atom stereocenters. The summed E-state index contributed by atoms with van der Waals surface area (Å²) in [5.41, 5.74) is 0.373. The molecule has 2 rings (SSSR count). The summed E-state index contributed by atoms with van der Waals surface area (Å²) in [6, 6.07) is 1.53. The Hall–Kier alpha value is -1.04. The van der Waals surface area contributed by atoms with Gasteiger partial charge < -0.3 is 4.90 Å². The van der Waals surface area contributed by atoms with Crippen LogP contribution in [0.2, 0.25) is 0 Å². The molecule has 0 bridgehead atoms. The summed E-state index contributed by atoms with van der Waals surface area (Å²) >= 11 is 3.19. The number of aromatic nitrogens is 1. The first-order valence-corrected chi connectivity index (χ1v) is 6.05. The highest BCUT2D eigenvalue weighted by Gasteiger charge is 2.37. The second-order valence-corrected chi connectivity index (χ2v) is 4.90. The molecule has 0 saturated carbocycles. The molecule has 1 aliphatic rings. The lowest BCUT2D eigenvalue weighted by molar-refractivity contribution is -0.0560. The molecule has 1 fully saturated rings. The Morgan fingerprint density at radius 3 is 2.94 bits per heavy atom. The highest BCUT2D eigenvalue weighted by Crippen LogP contribution is 2.28. The first-order chi connectivity index (χ1) is 7.99. The molecule has 1 aromatic heterocycles. The van der Waals surface area contributed by atoms with Gasteiger partial charge in [0, 0.05) is 29.8 Å². The van der Waals surface area contributed by atoms with Crippen LogP contribution in [-0.2, 0) is 0 Å². The van der Waals surface area contributed by atoms with Gasteiger partial charge in [0.05, 0.1) is 12.1 Å². The number of halogens is 3. The fourth-order valence-electron chi connectivity index (χ4n) is 1.86. The molecule has 1 amide bonds. The Labute approximate surface area is 106 Å². The number of amides is 1. The highest BCUT2D eigenvalue weighted by molar-refractivity contribution is 9.10. The predicted molar refractivity (Wildman–Crippen MR) is 62.0 cm³/mol. The maximum atomic E-state index is 13.2. The van der Waals surface area contributed by atoms with Crippen LogP contribution in [-0.4, -0.2) is 34.8 Å². The van der Waals surface area contributed by atoms with Crippen molar-refractivity contribution in [1.29, 1.82) is 0 Å². The Kier molecular flexibility index (Phi) is 3.42. The van der Waals surface area contributed by atoms with Crippen molar-refractivity contribution < 1.29 is 13.6 Å². The maximum Gasteiger partial charge on any atom is 0.265 e. The summed E-state index contributed by atoms with van der Waals surface area (Å²) in [7, 11) is 0. The third kappa shape index (κ3) is 2.80. The first-order valence-electron chi connectivity index (χ1n) is 5.26. The number of carbonyl (C=O) groups is 1. The van der Waals surface area contributed by atoms with Gasteiger partial charge in [0.2, 0.25) is 0 Å². The van der Waals surface area contributed by atoms with Crippen molar-refractivity contribution in [2.24, 2.45) is 0 Å². The van der Waals surface area contributed by atoms with Crippen LogP contribution in [0.5, 0.6) is 0 Å². The van der Waals surface area contributed by atoms with Crippen molar-refractivity contribution in [3.8, 4) is 0 Å². The van der Waals surface area contributed by atoms with Crippen LogP contribution in [0.1, 0.15) is 23.2 Å². The number of hydrogen-bond donors (Lipinski definition) is 0. The summed E-state index contributed by atoms with van der Waals surface area (Å²) in [4.78, 5) is 17.1. The van der Waals surface area contributed by atoms with E-state index in [0.717, 1.165) is 0 Å². The largest absolute Gasteiger partial charge is 0.333 e. The van der Waals surface area contributed by atoms with Crippen molar-refractivity contribution in [3.63, 3.8) is 0 Å². The van der Waals surface area contributed by atoms with Gasteiger partial charge in [0.15, 0.2) is 0 Å². The van der Waals surface area contributed by atoms with E-state index >= 15 is 0 Å². The van der Waals surface area contributed by atoms with E-state index in [-0.39, 0.29) is 12.3 Å². The number of nitrogens with zero attached hydrogens (tertiary/aromatic N) is 2. The topological polar surface area (TPSA) is 33.2 Å². The molecule has 3 nitrogen and oxygen atoms in total. The standard InChI is InChI=1S/C11H11BrF2N2O/c12-9-6-15-4-2-8(9)10(17)16-5-1-3-11(13,14)7-16/h2,4,6H,1,3,5,7H2. The zero-order valence-electron chi connectivity index (χ0n) is 9.00. The van der Waals surface area contributed by atoms with Crippen LogP contribution >= 0.6 is 15.9 Å². The van der Waals surface area contributed by atoms with Gasteiger partial charge in [-0.25, -0.2) is 8.78 Å². The molecule has 0 aliphatic carbocycles. The molecule has 1 saturated heterocycles. The predicted octanol–water partition coefficient (Wildman–Crippen LogP) is 2.72. The number of carbonyl (C=O) groups excluding carboxylic acids is 1. The van der Waals surface area contributed by atoms with Crippen molar-refractivity contribution in [2.45, 2.75) is 18.8 Å². The van der Waals surface area contributed by atoms with Crippen LogP contribution < -0.4 is 0 Å². The molecule has 92 valence electrons. The first kappa shape index (κ1) is 12.4. The van der Waals surface area contributed by atoms with Gasteiger partial charge in [0.25, 0.3) is 11.8 Å². The van der Waals surface area contributed by atoms with Crippen molar-refractivity contribution in [3.05, 3.63) is 28.5 Å². The number of rotatable bonds is 1. The van der Waals surface area contributed by atoms with Gasteiger partial charge in [-0.05, 0) is 28.4 Å². The second kappa shape index (κ2) is 4.68. The Balaban J connectivity index is 2.18.